The number of thiophene rings is 1. The minimum Gasteiger partial charge on any atom is -0.478 e. The molecular formula is C14H14N2O3S. The van der Waals surface area contributed by atoms with Crippen molar-refractivity contribution < 1.29 is 14.7 Å². The Hall–Kier alpha value is -2.34. The number of aryl methyl sites for hydroxylation is 1. The average Bonchev–Trinajstić information content (AvgIpc) is 2.82. The lowest BCUT2D eigenvalue weighted by atomic mass is 10.2. The van der Waals surface area contributed by atoms with E-state index in [0.717, 1.165) is 11.1 Å². The zero-order valence-electron chi connectivity index (χ0n) is 10.8. The van der Waals surface area contributed by atoms with Gasteiger partial charge in [-0.1, -0.05) is 6.07 Å². The van der Waals surface area contributed by atoms with E-state index in [2.05, 4.69) is 10.6 Å². The Kier molecular flexibility index (Phi) is 4.37. The molecule has 104 valence electrons. The molecule has 0 fully saturated rings. The molecule has 0 radical (unpaired) electrons. The smallest absolute Gasteiger partial charge is 0.335 e. The lowest BCUT2D eigenvalue weighted by Crippen LogP contribution is -2.28. The van der Waals surface area contributed by atoms with Crippen LogP contribution in [0, 0.1) is 6.92 Å². The zero-order chi connectivity index (χ0) is 14.5. The number of carboxylic acids is 1. The predicted octanol–water partition coefficient (Wildman–Crippen LogP) is 3.08. The second kappa shape index (κ2) is 6.21. The molecule has 0 atom stereocenters. The lowest BCUT2D eigenvalue weighted by Gasteiger charge is -2.08. The van der Waals surface area contributed by atoms with Crippen LogP contribution in [0.5, 0.6) is 0 Å². The second-order valence-corrected chi connectivity index (χ2v) is 5.02. The van der Waals surface area contributed by atoms with Crippen molar-refractivity contribution in [2.24, 2.45) is 0 Å². The van der Waals surface area contributed by atoms with E-state index in [1.165, 1.54) is 12.1 Å². The van der Waals surface area contributed by atoms with Gasteiger partial charge in [-0.15, -0.1) is 0 Å². The van der Waals surface area contributed by atoms with Crippen LogP contribution in [0.25, 0.3) is 0 Å². The summed E-state index contributed by atoms with van der Waals surface area (Å²) in [4.78, 5) is 22.6. The summed E-state index contributed by atoms with van der Waals surface area (Å²) >= 11 is 1.59. The highest BCUT2D eigenvalue weighted by atomic mass is 32.1. The van der Waals surface area contributed by atoms with Gasteiger partial charge in [0.05, 0.1) is 5.56 Å². The molecule has 2 amide bonds. The van der Waals surface area contributed by atoms with E-state index in [9.17, 15) is 9.59 Å². The van der Waals surface area contributed by atoms with Crippen LogP contribution in [0.1, 0.15) is 21.5 Å². The van der Waals surface area contributed by atoms with Crippen LogP contribution < -0.4 is 10.6 Å². The molecule has 6 heteroatoms. The normalized spacial score (nSPS) is 10.1. The second-order valence-electron chi connectivity index (χ2n) is 4.27. The number of rotatable bonds is 4. The van der Waals surface area contributed by atoms with Crippen LogP contribution in [0.4, 0.5) is 10.5 Å². The number of carbonyl (C=O) groups excluding carboxylic acids is 1. The molecule has 5 nitrogen and oxygen atoms in total. The fourth-order valence-corrected chi connectivity index (χ4v) is 2.51. The highest BCUT2D eigenvalue weighted by molar-refractivity contribution is 7.08. The highest BCUT2D eigenvalue weighted by Crippen LogP contribution is 2.13. The molecule has 0 aliphatic rings. The molecule has 0 aliphatic heterocycles. The first-order valence-corrected chi connectivity index (χ1v) is 6.90. The Morgan fingerprint density at radius 2 is 2.10 bits per heavy atom. The third-order valence-corrected chi connectivity index (χ3v) is 3.68. The molecule has 0 saturated carbocycles. The molecule has 2 rings (SSSR count). The van der Waals surface area contributed by atoms with Crippen LogP contribution >= 0.6 is 11.3 Å². The van der Waals surface area contributed by atoms with Crippen molar-refractivity contribution in [2.75, 3.05) is 5.32 Å². The molecule has 1 heterocycles. The van der Waals surface area contributed by atoms with Gasteiger partial charge < -0.3 is 15.7 Å². The number of aromatic carboxylic acids is 1. The van der Waals surface area contributed by atoms with Gasteiger partial charge in [-0.25, -0.2) is 9.59 Å². The SMILES string of the molecule is Cc1cscc1CNC(=O)Nc1cccc(C(=O)O)c1. The van der Waals surface area contributed by atoms with E-state index in [1.54, 1.807) is 23.5 Å². The predicted molar refractivity (Wildman–Crippen MR) is 78.3 cm³/mol. The van der Waals surface area contributed by atoms with Crippen LogP contribution in [0.15, 0.2) is 35.0 Å². The molecule has 0 unspecified atom stereocenters. The largest absolute Gasteiger partial charge is 0.478 e. The third kappa shape index (κ3) is 3.58. The first-order valence-electron chi connectivity index (χ1n) is 5.96. The van der Waals surface area contributed by atoms with Crippen LogP contribution in [-0.4, -0.2) is 17.1 Å². The summed E-state index contributed by atoms with van der Waals surface area (Å²) in [6, 6.07) is 5.75. The Labute approximate surface area is 120 Å². The molecule has 2 aromatic rings. The van der Waals surface area contributed by atoms with Crippen molar-refractivity contribution in [3.63, 3.8) is 0 Å². The maximum Gasteiger partial charge on any atom is 0.335 e. The summed E-state index contributed by atoms with van der Waals surface area (Å²) in [6.45, 7) is 2.43. The van der Waals surface area contributed by atoms with Gasteiger partial charge in [-0.3, -0.25) is 0 Å². The van der Waals surface area contributed by atoms with Gasteiger partial charge in [0.15, 0.2) is 0 Å². The summed E-state index contributed by atoms with van der Waals surface area (Å²) in [6.07, 6.45) is 0. The molecule has 1 aromatic heterocycles. The third-order valence-electron chi connectivity index (χ3n) is 2.77. The number of urea groups is 1. The Morgan fingerprint density at radius 1 is 1.30 bits per heavy atom. The van der Waals surface area contributed by atoms with E-state index < -0.39 is 5.97 Å². The number of hydrogen-bond donors (Lipinski definition) is 3. The van der Waals surface area contributed by atoms with Crippen molar-refractivity contribution in [3.8, 4) is 0 Å². The molecule has 0 bridgehead atoms. The number of hydrogen-bond acceptors (Lipinski definition) is 3. The number of anilines is 1. The quantitative estimate of drug-likeness (QED) is 0.809. The first kappa shape index (κ1) is 14.1. The minimum absolute atomic E-state index is 0.136. The van der Waals surface area contributed by atoms with Gasteiger partial charge in [0, 0.05) is 12.2 Å². The van der Waals surface area contributed by atoms with Crippen molar-refractivity contribution in [3.05, 3.63) is 51.7 Å². The van der Waals surface area contributed by atoms with Crippen molar-refractivity contribution >= 4 is 29.0 Å². The Morgan fingerprint density at radius 3 is 2.75 bits per heavy atom. The van der Waals surface area contributed by atoms with Gasteiger partial charge in [-0.2, -0.15) is 11.3 Å². The van der Waals surface area contributed by atoms with Crippen molar-refractivity contribution in [1.29, 1.82) is 0 Å². The van der Waals surface area contributed by atoms with Gasteiger partial charge in [-0.05, 0) is 47.0 Å². The maximum atomic E-state index is 11.7. The van der Waals surface area contributed by atoms with Gasteiger partial charge in [0.25, 0.3) is 0 Å². The number of nitrogens with one attached hydrogen (secondary N) is 2. The lowest BCUT2D eigenvalue weighted by molar-refractivity contribution is 0.0697. The van der Waals surface area contributed by atoms with Crippen LogP contribution in [0.2, 0.25) is 0 Å². The fourth-order valence-electron chi connectivity index (χ4n) is 1.65. The van der Waals surface area contributed by atoms with Crippen molar-refractivity contribution in [1.82, 2.24) is 5.32 Å². The topological polar surface area (TPSA) is 78.4 Å². The van der Waals surface area contributed by atoms with Gasteiger partial charge in [0.2, 0.25) is 0 Å². The Balaban J connectivity index is 1.93. The van der Waals surface area contributed by atoms with E-state index in [-0.39, 0.29) is 11.6 Å². The molecule has 0 aliphatic carbocycles. The van der Waals surface area contributed by atoms with E-state index in [0.29, 0.717) is 12.2 Å². The Bertz CT molecular complexity index is 637. The monoisotopic (exact) mass is 290 g/mol. The van der Waals surface area contributed by atoms with Gasteiger partial charge in [0.1, 0.15) is 0 Å². The number of carbonyl (C=O) groups is 2. The summed E-state index contributed by atoms with van der Waals surface area (Å²) in [7, 11) is 0. The molecule has 3 N–H and O–H groups in total. The van der Waals surface area contributed by atoms with Crippen molar-refractivity contribution in [2.45, 2.75) is 13.5 Å². The van der Waals surface area contributed by atoms with Gasteiger partial charge >= 0.3 is 12.0 Å². The molecular weight excluding hydrogens is 276 g/mol. The molecule has 0 spiro atoms. The van der Waals surface area contributed by atoms with E-state index in [4.69, 9.17) is 5.11 Å². The summed E-state index contributed by atoms with van der Waals surface area (Å²) in [5.74, 6) is -1.03. The number of carboxylic acid groups (broad SMARTS) is 1. The average molecular weight is 290 g/mol. The number of benzene rings is 1. The molecule has 1 aromatic carbocycles. The fraction of sp³-hybridized carbons (Fsp3) is 0.143. The highest BCUT2D eigenvalue weighted by Gasteiger charge is 2.06. The first-order chi connectivity index (χ1) is 9.56. The molecule has 20 heavy (non-hydrogen) atoms. The number of amides is 2. The standard InChI is InChI=1S/C14H14N2O3S/c1-9-7-20-8-11(9)6-15-14(19)16-12-4-2-3-10(5-12)13(17)18/h2-5,7-8H,6H2,1H3,(H,17,18)(H2,15,16,19). The van der Waals surface area contributed by atoms with E-state index >= 15 is 0 Å². The summed E-state index contributed by atoms with van der Waals surface area (Å²) < 4.78 is 0. The van der Waals surface area contributed by atoms with E-state index in [1.807, 2.05) is 17.7 Å². The molecule has 0 saturated heterocycles. The van der Waals surface area contributed by atoms with Crippen LogP contribution in [-0.2, 0) is 6.54 Å². The minimum atomic E-state index is -1.03. The summed E-state index contributed by atoms with van der Waals surface area (Å²) in [5.41, 5.74) is 2.80. The zero-order valence-corrected chi connectivity index (χ0v) is 11.7. The van der Waals surface area contributed by atoms with Crippen LogP contribution in [0.3, 0.4) is 0 Å². The maximum absolute atomic E-state index is 11.7. The summed E-state index contributed by atoms with van der Waals surface area (Å²) in [5, 5.41) is 18.2.